The van der Waals surface area contributed by atoms with Gasteiger partial charge in [-0.2, -0.15) is 0 Å². The van der Waals surface area contributed by atoms with Gasteiger partial charge in [0, 0.05) is 10.9 Å². The first-order valence-electron chi connectivity index (χ1n) is 6.91. The van der Waals surface area contributed by atoms with Crippen LogP contribution in [0.25, 0.3) is 22.2 Å². The van der Waals surface area contributed by atoms with Crippen LogP contribution in [-0.4, -0.2) is 21.2 Å². The molecule has 0 saturated carbocycles. The Morgan fingerprint density at radius 1 is 1.05 bits per heavy atom. The molecule has 0 spiro atoms. The number of hydrogen-bond acceptors (Lipinski definition) is 3. The Labute approximate surface area is 127 Å². The lowest BCUT2D eigenvalue weighted by Crippen LogP contribution is -2.02. The van der Waals surface area contributed by atoms with Gasteiger partial charge in [0.25, 0.3) is 0 Å². The number of phenolic OH excluding ortho intramolecular Hbond substituents is 1. The van der Waals surface area contributed by atoms with E-state index in [1.807, 2.05) is 37.3 Å². The summed E-state index contributed by atoms with van der Waals surface area (Å²) in [5.74, 6) is -1.00. The number of carboxylic acid groups (broad SMARTS) is 1. The highest BCUT2D eigenvalue weighted by Gasteiger charge is 2.18. The molecule has 0 bridgehead atoms. The van der Waals surface area contributed by atoms with E-state index in [1.165, 1.54) is 0 Å². The molecule has 0 aliphatic heterocycles. The van der Waals surface area contributed by atoms with E-state index >= 15 is 0 Å². The van der Waals surface area contributed by atoms with Gasteiger partial charge in [0.1, 0.15) is 11.3 Å². The topological polar surface area (TPSA) is 70.4 Å². The Bertz CT molecular complexity index is 886. The lowest BCUT2D eigenvalue weighted by atomic mass is 9.98. The van der Waals surface area contributed by atoms with Gasteiger partial charge >= 0.3 is 5.97 Å². The average Bonchev–Trinajstić information content (AvgIpc) is 2.52. The van der Waals surface area contributed by atoms with Crippen LogP contribution < -0.4 is 0 Å². The van der Waals surface area contributed by atoms with Crippen molar-refractivity contribution in [3.8, 4) is 17.0 Å². The molecule has 0 aliphatic carbocycles. The smallest absolute Gasteiger partial charge is 0.336 e. The maximum absolute atomic E-state index is 11.6. The van der Waals surface area contributed by atoms with Crippen LogP contribution in [0.2, 0.25) is 0 Å². The van der Waals surface area contributed by atoms with Crippen LogP contribution in [0.5, 0.6) is 5.75 Å². The molecular weight excluding hydrogens is 278 g/mol. The highest BCUT2D eigenvalue weighted by molar-refractivity contribution is 6.07. The third-order valence-electron chi connectivity index (χ3n) is 3.74. The Morgan fingerprint density at radius 2 is 1.73 bits per heavy atom. The molecule has 0 atom stereocenters. The van der Waals surface area contributed by atoms with E-state index in [0.29, 0.717) is 22.2 Å². The molecule has 0 amide bonds. The summed E-state index contributed by atoms with van der Waals surface area (Å²) in [5, 5.41) is 20.3. The number of fused-ring (bicyclic) bond motifs is 1. The molecule has 4 heteroatoms. The van der Waals surface area contributed by atoms with Gasteiger partial charge in [0.2, 0.25) is 0 Å². The second kappa shape index (κ2) is 5.15. The number of aromatic carboxylic acids is 1. The van der Waals surface area contributed by atoms with Crippen molar-refractivity contribution in [2.24, 2.45) is 0 Å². The van der Waals surface area contributed by atoms with Crippen molar-refractivity contribution in [1.82, 2.24) is 4.98 Å². The zero-order valence-electron chi connectivity index (χ0n) is 12.3. The molecule has 110 valence electrons. The quantitative estimate of drug-likeness (QED) is 0.751. The van der Waals surface area contributed by atoms with Crippen LogP contribution in [0.1, 0.15) is 21.5 Å². The van der Waals surface area contributed by atoms with Crippen LogP contribution in [0.15, 0.2) is 42.5 Å². The molecule has 0 saturated heterocycles. The number of hydrogen-bond donors (Lipinski definition) is 2. The first kappa shape index (κ1) is 14.1. The third kappa shape index (κ3) is 2.19. The number of phenols is 1. The van der Waals surface area contributed by atoms with Gasteiger partial charge in [0.15, 0.2) is 0 Å². The van der Waals surface area contributed by atoms with Gasteiger partial charge in [0.05, 0.1) is 11.3 Å². The fourth-order valence-electron chi connectivity index (χ4n) is 2.69. The zero-order valence-corrected chi connectivity index (χ0v) is 12.3. The van der Waals surface area contributed by atoms with E-state index in [0.717, 1.165) is 11.1 Å². The van der Waals surface area contributed by atoms with Gasteiger partial charge in [-0.1, -0.05) is 36.4 Å². The summed E-state index contributed by atoms with van der Waals surface area (Å²) < 4.78 is 0. The lowest BCUT2D eigenvalue weighted by molar-refractivity contribution is 0.0699. The molecule has 2 aromatic carbocycles. The first-order valence-corrected chi connectivity index (χ1v) is 6.91. The molecule has 0 radical (unpaired) electrons. The third-order valence-corrected chi connectivity index (χ3v) is 3.74. The molecule has 0 unspecified atom stereocenters. The normalized spacial score (nSPS) is 10.8. The molecule has 3 aromatic rings. The number of benzene rings is 2. The van der Waals surface area contributed by atoms with E-state index in [9.17, 15) is 15.0 Å². The average molecular weight is 293 g/mol. The van der Waals surface area contributed by atoms with Crippen molar-refractivity contribution in [3.05, 3.63) is 59.2 Å². The van der Waals surface area contributed by atoms with Crippen LogP contribution in [-0.2, 0) is 0 Å². The summed E-state index contributed by atoms with van der Waals surface area (Å²) in [4.78, 5) is 16.1. The number of pyridine rings is 1. The zero-order chi connectivity index (χ0) is 15.9. The Morgan fingerprint density at radius 3 is 2.36 bits per heavy atom. The molecule has 22 heavy (non-hydrogen) atoms. The van der Waals surface area contributed by atoms with Gasteiger partial charge in [-0.15, -0.1) is 0 Å². The summed E-state index contributed by atoms with van der Waals surface area (Å²) in [7, 11) is 0. The Hall–Kier alpha value is -2.88. The minimum Gasteiger partial charge on any atom is -0.505 e. The van der Waals surface area contributed by atoms with Gasteiger partial charge in [-0.05, 0) is 31.0 Å². The molecule has 1 heterocycles. The standard InChI is InChI=1S/C18H15NO3/c1-10-8-11(2)17(20)16-15(10)13(18(21)22)9-14(19-16)12-6-4-3-5-7-12/h3-9,20H,1-2H3,(H,21,22). The van der Waals surface area contributed by atoms with Crippen molar-refractivity contribution in [2.45, 2.75) is 13.8 Å². The van der Waals surface area contributed by atoms with Crippen LogP contribution in [0, 0.1) is 13.8 Å². The van der Waals surface area contributed by atoms with Crippen molar-refractivity contribution < 1.29 is 15.0 Å². The molecule has 4 nitrogen and oxygen atoms in total. The van der Waals surface area contributed by atoms with Crippen molar-refractivity contribution in [1.29, 1.82) is 0 Å². The lowest BCUT2D eigenvalue weighted by Gasteiger charge is -2.12. The van der Waals surface area contributed by atoms with Gasteiger partial charge < -0.3 is 10.2 Å². The monoisotopic (exact) mass is 293 g/mol. The van der Waals surface area contributed by atoms with Gasteiger partial charge in [-0.25, -0.2) is 9.78 Å². The molecule has 2 N–H and O–H groups in total. The number of rotatable bonds is 2. The second-order valence-corrected chi connectivity index (χ2v) is 5.31. The maximum atomic E-state index is 11.6. The fourth-order valence-corrected chi connectivity index (χ4v) is 2.69. The molecule has 0 fully saturated rings. The summed E-state index contributed by atoms with van der Waals surface area (Å²) in [5.41, 5.74) is 3.29. The van der Waals surface area contributed by atoms with Crippen molar-refractivity contribution in [2.75, 3.05) is 0 Å². The summed E-state index contributed by atoms with van der Waals surface area (Å²) >= 11 is 0. The number of aromatic nitrogens is 1. The van der Waals surface area contributed by atoms with Crippen molar-refractivity contribution in [3.63, 3.8) is 0 Å². The van der Waals surface area contributed by atoms with Crippen LogP contribution >= 0.6 is 0 Å². The number of carboxylic acids is 1. The van der Waals surface area contributed by atoms with E-state index in [1.54, 1.807) is 19.1 Å². The maximum Gasteiger partial charge on any atom is 0.336 e. The predicted molar refractivity (Wildman–Crippen MR) is 85.3 cm³/mol. The minimum absolute atomic E-state index is 0.0286. The Kier molecular flexibility index (Phi) is 3.29. The SMILES string of the molecule is Cc1cc(C)c2c(C(=O)O)cc(-c3ccccc3)nc2c1O. The minimum atomic E-state index is -1.03. The molecular formula is C18H15NO3. The fraction of sp³-hybridized carbons (Fsp3) is 0.111. The highest BCUT2D eigenvalue weighted by atomic mass is 16.4. The number of aryl methyl sites for hydroxylation is 2. The number of aromatic hydroxyl groups is 1. The molecule has 0 aliphatic rings. The summed E-state index contributed by atoms with van der Waals surface area (Å²) in [6.45, 7) is 3.60. The largest absolute Gasteiger partial charge is 0.505 e. The second-order valence-electron chi connectivity index (χ2n) is 5.31. The van der Waals surface area contributed by atoms with Crippen LogP contribution in [0.3, 0.4) is 0 Å². The molecule has 1 aromatic heterocycles. The summed E-state index contributed by atoms with van der Waals surface area (Å²) in [6.07, 6.45) is 0. The van der Waals surface area contributed by atoms with E-state index in [4.69, 9.17) is 0 Å². The van der Waals surface area contributed by atoms with E-state index < -0.39 is 5.97 Å². The van der Waals surface area contributed by atoms with E-state index in [-0.39, 0.29) is 11.3 Å². The van der Waals surface area contributed by atoms with Gasteiger partial charge in [-0.3, -0.25) is 0 Å². The summed E-state index contributed by atoms with van der Waals surface area (Å²) in [6, 6.07) is 12.7. The first-order chi connectivity index (χ1) is 10.5. The number of nitrogens with zero attached hydrogens (tertiary/aromatic N) is 1. The van der Waals surface area contributed by atoms with E-state index in [2.05, 4.69) is 4.98 Å². The van der Waals surface area contributed by atoms with Crippen molar-refractivity contribution >= 4 is 16.9 Å². The van der Waals surface area contributed by atoms with Crippen LogP contribution in [0.4, 0.5) is 0 Å². The highest BCUT2D eigenvalue weighted by Crippen LogP contribution is 2.34. The molecule has 3 rings (SSSR count). The predicted octanol–water partition coefficient (Wildman–Crippen LogP) is 3.92. The number of carbonyl (C=O) groups is 1. The Balaban J connectivity index is 2.44.